The Bertz CT molecular complexity index is 562. The number of hydrogen-bond donors (Lipinski definition) is 0. The first kappa shape index (κ1) is 16.3. The summed E-state index contributed by atoms with van der Waals surface area (Å²) in [6.45, 7) is 2.11. The van der Waals surface area contributed by atoms with Crippen molar-refractivity contribution in [2.24, 2.45) is 0 Å². The first-order valence-corrected chi connectivity index (χ1v) is 8.91. The predicted molar refractivity (Wildman–Crippen MR) is 80.0 cm³/mol. The third-order valence-electron chi connectivity index (χ3n) is 1.88. The number of rotatable bonds is 4. The Balaban J connectivity index is 3.10. The summed E-state index contributed by atoms with van der Waals surface area (Å²) < 4.78 is 28.9. The van der Waals surface area contributed by atoms with Crippen LogP contribution in [0.2, 0.25) is 0 Å². The van der Waals surface area contributed by atoms with E-state index in [0.29, 0.717) is 21.3 Å². The SMILES string of the molecule is CC(=CCl)COc1c(Br)cc(S(=O)(=O)Cl)cc1Br. The quantitative estimate of drug-likeness (QED) is 0.642. The van der Waals surface area contributed by atoms with E-state index < -0.39 is 9.05 Å². The number of ether oxygens (including phenoxy) is 1. The Kier molecular flexibility index (Phi) is 5.99. The second-order valence-electron chi connectivity index (χ2n) is 3.40. The summed E-state index contributed by atoms with van der Waals surface area (Å²) in [6, 6.07) is 2.75. The molecule has 1 aromatic rings. The topological polar surface area (TPSA) is 43.4 Å². The summed E-state index contributed by atoms with van der Waals surface area (Å²) in [4.78, 5) is -0.0140. The van der Waals surface area contributed by atoms with Crippen molar-refractivity contribution in [1.29, 1.82) is 0 Å². The molecule has 8 heteroatoms. The molecular weight excluding hydrogens is 431 g/mol. The smallest absolute Gasteiger partial charge is 0.261 e. The highest BCUT2D eigenvalue weighted by Gasteiger charge is 2.16. The maximum Gasteiger partial charge on any atom is 0.261 e. The van der Waals surface area contributed by atoms with Crippen LogP contribution in [0.4, 0.5) is 0 Å². The molecule has 0 radical (unpaired) electrons. The van der Waals surface area contributed by atoms with Gasteiger partial charge < -0.3 is 4.74 Å². The van der Waals surface area contributed by atoms with Crippen LogP contribution in [0.25, 0.3) is 0 Å². The van der Waals surface area contributed by atoms with Gasteiger partial charge in [-0.1, -0.05) is 11.6 Å². The van der Waals surface area contributed by atoms with Crippen LogP contribution in [0.1, 0.15) is 6.92 Å². The summed E-state index contributed by atoms with van der Waals surface area (Å²) in [6.07, 6.45) is 0. The van der Waals surface area contributed by atoms with Gasteiger partial charge in [0.05, 0.1) is 13.8 Å². The van der Waals surface area contributed by atoms with Crippen LogP contribution in [0.15, 0.2) is 37.1 Å². The Morgan fingerprint density at radius 1 is 1.39 bits per heavy atom. The average Bonchev–Trinajstić information content (AvgIpc) is 2.26. The van der Waals surface area contributed by atoms with Gasteiger partial charge in [-0.25, -0.2) is 8.42 Å². The highest BCUT2D eigenvalue weighted by molar-refractivity contribution is 9.11. The van der Waals surface area contributed by atoms with E-state index in [2.05, 4.69) is 31.9 Å². The molecule has 100 valence electrons. The Morgan fingerprint density at radius 2 is 1.89 bits per heavy atom. The molecule has 3 nitrogen and oxygen atoms in total. The molecule has 0 N–H and O–H groups in total. The molecule has 0 spiro atoms. The largest absolute Gasteiger partial charge is 0.487 e. The fraction of sp³-hybridized carbons (Fsp3) is 0.200. The molecule has 0 fully saturated rings. The molecule has 0 aliphatic heterocycles. The minimum atomic E-state index is -3.78. The average molecular weight is 439 g/mol. The molecule has 0 aliphatic carbocycles. The molecule has 1 rings (SSSR count). The van der Waals surface area contributed by atoms with Gasteiger partial charge in [0.25, 0.3) is 9.05 Å². The van der Waals surface area contributed by atoms with E-state index in [0.717, 1.165) is 5.57 Å². The lowest BCUT2D eigenvalue weighted by atomic mass is 10.3. The van der Waals surface area contributed by atoms with Crippen LogP contribution >= 0.6 is 54.1 Å². The van der Waals surface area contributed by atoms with Crippen molar-refractivity contribution in [3.63, 3.8) is 0 Å². The van der Waals surface area contributed by atoms with Crippen LogP contribution in [0.3, 0.4) is 0 Å². The summed E-state index contributed by atoms with van der Waals surface area (Å²) in [7, 11) is 1.49. The standard InChI is InChI=1S/C10H8Br2Cl2O3S/c1-6(4-13)5-17-10-8(11)2-7(3-9(10)12)18(14,15)16/h2-4H,5H2,1H3. The van der Waals surface area contributed by atoms with Crippen LogP contribution in [0, 0.1) is 0 Å². The van der Waals surface area contributed by atoms with Crippen LogP contribution < -0.4 is 4.74 Å². The van der Waals surface area contributed by atoms with Crippen molar-refractivity contribution >= 4 is 63.2 Å². The van der Waals surface area contributed by atoms with Crippen LogP contribution in [-0.2, 0) is 9.05 Å². The monoisotopic (exact) mass is 436 g/mol. The van der Waals surface area contributed by atoms with Crippen molar-refractivity contribution in [3.8, 4) is 5.75 Å². The second kappa shape index (κ2) is 6.61. The molecule has 0 amide bonds. The van der Waals surface area contributed by atoms with Gasteiger partial charge in [-0.05, 0) is 56.5 Å². The zero-order chi connectivity index (χ0) is 13.9. The summed E-state index contributed by atoms with van der Waals surface area (Å²) in [5.41, 5.74) is 2.25. The van der Waals surface area contributed by atoms with Gasteiger partial charge in [-0.15, -0.1) is 0 Å². The Labute approximate surface area is 132 Å². The van der Waals surface area contributed by atoms with Gasteiger partial charge >= 0.3 is 0 Å². The van der Waals surface area contributed by atoms with Crippen molar-refractivity contribution in [2.45, 2.75) is 11.8 Å². The summed E-state index contributed by atoms with van der Waals surface area (Å²) in [5.74, 6) is 0.483. The number of halogens is 4. The summed E-state index contributed by atoms with van der Waals surface area (Å²) in [5, 5.41) is 0. The van der Waals surface area contributed by atoms with E-state index in [1.165, 1.54) is 17.7 Å². The highest BCUT2D eigenvalue weighted by Crippen LogP contribution is 2.37. The van der Waals surface area contributed by atoms with E-state index in [1.807, 2.05) is 6.92 Å². The van der Waals surface area contributed by atoms with Crippen molar-refractivity contribution in [3.05, 3.63) is 32.2 Å². The van der Waals surface area contributed by atoms with Gasteiger partial charge in [0, 0.05) is 16.2 Å². The third kappa shape index (κ3) is 4.42. The summed E-state index contributed by atoms with van der Waals surface area (Å²) >= 11 is 12.0. The third-order valence-corrected chi connectivity index (χ3v) is 4.77. The first-order chi connectivity index (χ1) is 8.25. The zero-order valence-electron chi connectivity index (χ0n) is 9.08. The van der Waals surface area contributed by atoms with Crippen LogP contribution in [0.5, 0.6) is 5.75 Å². The minimum absolute atomic E-state index is 0.0140. The normalized spacial score (nSPS) is 12.6. The Morgan fingerprint density at radius 3 is 2.28 bits per heavy atom. The lowest BCUT2D eigenvalue weighted by Crippen LogP contribution is -2.01. The first-order valence-electron chi connectivity index (χ1n) is 4.58. The van der Waals surface area contributed by atoms with Crippen molar-refractivity contribution < 1.29 is 13.2 Å². The molecule has 0 aromatic heterocycles. The van der Waals surface area contributed by atoms with E-state index >= 15 is 0 Å². The second-order valence-corrected chi connectivity index (χ2v) is 7.89. The number of hydrogen-bond acceptors (Lipinski definition) is 3. The fourth-order valence-electron chi connectivity index (χ4n) is 1.03. The fourth-order valence-corrected chi connectivity index (χ4v) is 3.60. The lowest BCUT2D eigenvalue weighted by molar-refractivity contribution is 0.347. The maximum absolute atomic E-state index is 11.2. The molecule has 0 saturated carbocycles. The van der Waals surface area contributed by atoms with Gasteiger partial charge in [0.2, 0.25) is 0 Å². The van der Waals surface area contributed by atoms with E-state index in [-0.39, 0.29) is 4.90 Å². The molecule has 0 saturated heterocycles. The zero-order valence-corrected chi connectivity index (χ0v) is 14.6. The molecule has 18 heavy (non-hydrogen) atoms. The van der Waals surface area contributed by atoms with Crippen molar-refractivity contribution in [1.82, 2.24) is 0 Å². The van der Waals surface area contributed by atoms with Crippen LogP contribution in [-0.4, -0.2) is 15.0 Å². The van der Waals surface area contributed by atoms with Gasteiger partial charge in [0.15, 0.2) is 0 Å². The van der Waals surface area contributed by atoms with E-state index in [1.54, 1.807) is 0 Å². The molecule has 0 bridgehead atoms. The maximum atomic E-state index is 11.2. The molecule has 0 heterocycles. The van der Waals surface area contributed by atoms with E-state index in [9.17, 15) is 8.42 Å². The van der Waals surface area contributed by atoms with Gasteiger partial charge in [0.1, 0.15) is 12.4 Å². The highest BCUT2D eigenvalue weighted by atomic mass is 79.9. The lowest BCUT2D eigenvalue weighted by Gasteiger charge is -2.11. The van der Waals surface area contributed by atoms with E-state index in [4.69, 9.17) is 27.0 Å². The molecule has 0 unspecified atom stereocenters. The molecule has 1 aromatic carbocycles. The Hall–Kier alpha value is 0.250. The molecular formula is C10H8Br2Cl2O3S. The minimum Gasteiger partial charge on any atom is -0.487 e. The molecule has 0 aliphatic rings. The molecule has 0 atom stereocenters. The van der Waals surface area contributed by atoms with Crippen molar-refractivity contribution in [2.75, 3.05) is 6.61 Å². The predicted octanol–water partition coefficient (Wildman–Crippen LogP) is 4.66. The number of benzene rings is 1. The van der Waals surface area contributed by atoms with Gasteiger partial charge in [-0.3, -0.25) is 0 Å². The van der Waals surface area contributed by atoms with Gasteiger partial charge in [-0.2, -0.15) is 0 Å².